The molecule has 8 heteroatoms. The van der Waals surface area contributed by atoms with Crippen molar-refractivity contribution < 1.29 is 47.6 Å². The van der Waals surface area contributed by atoms with Gasteiger partial charge in [0, 0.05) is 49.6 Å². The van der Waals surface area contributed by atoms with Crippen molar-refractivity contribution in [2.45, 2.75) is 84.2 Å². The molecule has 0 saturated heterocycles. The molecule has 45 heavy (non-hydrogen) atoms. The number of allylic oxidation sites excluding steroid dienone is 2. The zero-order chi connectivity index (χ0) is 31.4. The van der Waals surface area contributed by atoms with E-state index in [9.17, 15) is 27.5 Å². The van der Waals surface area contributed by atoms with Crippen molar-refractivity contribution in [3.05, 3.63) is 89.1 Å². The summed E-state index contributed by atoms with van der Waals surface area (Å²) in [6.45, 7) is 3.76. The summed E-state index contributed by atoms with van der Waals surface area (Å²) in [7, 11) is 0. The fourth-order valence-corrected chi connectivity index (χ4v) is 6.71. The first-order chi connectivity index (χ1) is 21.0. The Hall–Kier alpha value is -3.09. The molecule has 2 aliphatic rings. The molecule has 0 aliphatic heterocycles. The van der Waals surface area contributed by atoms with E-state index in [1.165, 1.54) is 56.9 Å². The van der Waals surface area contributed by atoms with Gasteiger partial charge in [-0.3, -0.25) is 4.79 Å². The first-order valence-corrected chi connectivity index (χ1v) is 15.6. The molecule has 6 rings (SSSR count). The van der Waals surface area contributed by atoms with E-state index in [1.807, 2.05) is 26.0 Å². The molecule has 3 aromatic carbocycles. The number of aryl methyl sites for hydroxylation is 2. The Kier molecular flexibility index (Phi) is 11.6. The van der Waals surface area contributed by atoms with E-state index in [0.29, 0.717) is 22.4 Å². The van der Waals surface area contributed by atoms with Crippen LogP contribution in [0.3, 0.4) is 0 Å². The SMILES string of the molecule is Cc1[c-]c(-c2nccc3c(C(F)(F)F)cc4c(F)cccc4c23)cc(C)c1.O=C(/C=C(\O)C1CCCCC1)C1CCCCC1.[Ir]. The number of nitrogens with zero attached hydrogens (tertiary/aromatic N) is 1. The smallest absolute Gasteiger partial charge is 0.417 e. The molecule has 0 unspecified atom stereocenters. The quantitative estimate of drug-likeness (QED) is 0.0736. The summed E-state index contributed by atoms with van der Waals surface area (Å²) in [5.41, 5.74) is 1.88. The van der Waals surface area contributed by atoms with Crippen molar-refractivity contribution in [2.75, 3.05) is 0 Å². The van der Waals surface area contributed by atoms with Gasteiger partial charge in [0.25, 0.3) is 0 Å². The van der Waals surface area contributed by atoms with Gasteiger partial charge >= 0.3 is 6.18 Å². The summed E-state index contributed by atoms with van der Waals surface area (Å²) in [6, 6.07) is 13.4. The number of pyridine rings is 1. The minimum atomic E-state index is -4.61. The molecule has 1 radical (unpaired) electrons. The van der Waals surface area contributed by atoms with Crippen LogP contribution >= 0.6 is 0 Å². The number of rotatable bonds is 4. The number of hydrogen-bond donors (Lipinski definition) is 1. The van der Waals surface area contributed by atoms with Gasteiger partial charge in [0.1, 0.15) is 5.82 Å². The van der Waals surface area contributed by atoms with Gasteiger partial charge in [0.2, 0.25) is 0 Å². The van der Waals surface area contributed by atoms with Gasteiger partial charge < -0.3 is 10.1 Å². The molecule has 1 aromatic heterocycles. The summed E-state index contributed by atoms with van der Waals surface area (Å²) in [4.78, 5) is 16.4. The van der Waals surface area contributed by atoms with Crippen LogP contribution in [0, 0.1) is 37.6 Å². The second-order valence-electron chi connectivity index (χ2n) is 12.2. The second-order valence-corrected chi connectivity index (χ2v) is 12.2. The average Bonchev–Trinajstić information content (AvgIpc) is 3.00. The van der Waals surface area contributed by atoms with Crippen LogP contribution in [0.25, 0.3) is 32.8 Å². The molecule has 2 aliphatic carbocycles. The third-order valence-corrected chi connectivity index (χ3v) is 8.88. The van der Waals surface area contributed by atoms with Gasteiger partial charge in [-0.1, -0.05) is 64.5 Å². The van der Waals surface area contributed by atoms with Gasteiger partial charge in [0.15, 0.2) is 5.78 Å². The molecular formula is C37H38F4IrNO2-. The van der Waals surface area contributed by atoms with E-state index in [4.69, 9.17) is 0 Å². The zero-order valence-corrected chi connectivity index (χ0v) is 28.0. The summed E-state index contributed by atoms with van der Waals surface area (Å²) in [5.74, 6) is 0.290. The number of alkyl halides is 3. The molecule has 0 amide bonds. The number of aromatic nitrogens is 1. The first kappa shape index (κ1) is 34.8. The van der Waals surface area contributed by atoms with Crippen molar-refractivity contribution in [2.24, 2.45) is 11.8 Å². The maximum absolute atomic E-state index is 14.3. The van der Waals surface area contributed by atoms with Crippen LogP contribution in [0.15, 0.2) is 60.5 Å². The Morgan fingerprint density at radius 1 is 0.889 bits per heavy atom. The molecule has 2 fully saturated rings. The molecule has 0 atom stereocenters. The molecular weight excluding hydrogens is 759 g/mol. The van der Waals surface area contributed by atoms with Gasteiger partial charge in [-0.05, 0) is 65.7 Å². The van der Waals surface area contributed by atoms with Gasteiger partial charge in [-0.15, -0.1) is 34.9 Å². The Morgan fingerprint density at radius 2 is 1.53 bits per heavy atom. The normalized spacial score (nSPS) is 16.6. The Morgan fingerprint density at radius 3 is 2.16 bits per heavy atom. The predicted octanol–water partition coefficient (Wildman–Crippen LogP) is 10.8. The number of carbonyl (C=O) groups excluding carboxylic acids is 1. The number of carbonyl (C=O) groups is 1. The average molecular weight is 797 g/mol. The first-order valence-electron chi connectivity index (χ1n) is 15.6. The van der Waals surface area contributed by atoms with E-state index in [1.54, 1.807) is 12.1 Å². The topological polar surface area (TPSA) is 50.2 Å². The van der Waals surface area contributed by atoms with Crippen molar-refractivity contribution in [1.82, 2.24) is 4.98 Å². The zero-order valence-electron chi connectivity index (χ0n) is 25.6. The molecule has 0 spiro atoms. The monoisotopic (exact) mass is 797 g/mol. The summed E-state index contributed by atoms with van der Waals surface area (Å²) < 4.78 is 55.4. The number of fused-ring (bicyclic) bond motifs is 3. The Labute approximate surface area is 275 Å². The van der Waals surface area contributed by atoms with Crippen LogP contribution in [-0.4, -0.2) is 15.9 Å². The van der Waals surface area contributed by atoms with Gasteiger partial charge in [-0.25, -0.2) is 4.39 Å². The fourth-order valence-electron chi connectivity index (χ4n) is 6.71. The van der Waals surface area contributed by atoms with E-state index in [-0.39, 0.29) is 53.9 Å². The van der Waals surface area contributed by atoms with Crippen molar-refractivity contribution in [3.8, 4) is 11.3 Å². The van der Waals surface area contributed by atoms with Crippen LogP contribution in [0.2, 0.25) is 0 Å². The van der Waals surface area contributed by atoms with Crippen LogP contribution < -0.4 is 0 Å². The van der Waals surface area contributed by atoms with E-state index in [2.05, 4.69) is 11.1 Å². The number of benzene rings is 3. The van der Waals surface area contributed by atoms with Gasteiger partial charge in [-0.2, -0.15) is 13.2 Å². The third-order valence-electron chi connectivity index (χ3n) is 8.88. The standard InChI is InChI=1S/C22H14F4N.C15H24O2.Ir/c1-12-8-13(2)10-14(9-12)21-20-15-4-3-5-19(23)17(15)11-18(22(24,25)26)16(20)6-7-27-21;16-14(12-7-3-1-4-8-12)11-15(17)13-9-5-2-6-10-13;/h3-9,11H,1-2H3;11-13,16H,1-10H2;/q-1;;/b;14-11-;. The van der Waals surface area contributed by atoms with Crippen molar-refractivity contribution >= 4 is 27.3 Å². The maximum atomic E-state index is 14.3. The molecule has 0 bridgehead atoms. The van der Waals surface area contributed by atoms with E-state index < -0.39 is 17.6 Å². The van der Waals surface area contributed by atoms with Crippen molar-refractivity contribution in [1.29, 1.82) is 0 Å². The Bertz CT molecular complexity index is 1670. The molecule has 241 valence electrons. The fraction of sp³-hybridized carbons (Fsp3) is 0.405. The summed E-state index contributed by atoms with van der Waals surface area (Å²) >= 11 is 0. The van der Waals surface area contributed by atoms with Crippen LogP contribution in [-0.2, 0) is 31.1 Å². The summed E-state index contributed by atoms with van der Waals surface area (Å²) in [6.07, 6.45) is 9.72. The number of halogens is 4. The summed E-state index contributed by atoms with van der Waals surface area (Å²) in [5, 5.41) is 10.6. The molecule has 4 aromatic rings. The maximum Gasteiger partial charge on any atom is 0.417 e. The van der Waals surface area contributed by atoms with Crippen molar-refractivity contribution in [3.63, 3.8) is 0 Å². The number of ketones is 1. The van der Waals surface area contributed by atoms with Gasteiger partial charge in [0.05, 0.1) is 11.3 Å². The molecule has 1 N–H and O–H groups in total. The molecule has 1 heterocycles. The number of hydrogen-bond acceptors (Lipinski definition) is 3. The minimum Gasteiger partial charge on any atom is -0.512 e. The second kappa shape index (κ2) is 15.0. The van der Waals surface area contributed by atoms with Crippen LogP contribution in [0.4, 0.5) is 17.6 Å². The van der Waals surface area contributed by atoms with E-state index >= 15 is 0 Å². The van der Waals surface area contributed by atoms with E-state index in [0.717, 1.165) is 48.9 Å². The number of aliphatic hydroxyl groups excluding tert-OH is 1. The molecule has 2 saturated carbocycles. The van der Waals surface area contributed by atoms with Crippen LogP contribution in [0.1, 0.15) is 80.9 Å². The minimum absolute atomic E-state index is 0. The number of aliphatic hydroxyl groups is 1. The van der Waals surface area contributed by atoms with Crippen LogP contribution in [0.5, 0.6) is 0 Å². The Balaban J connectivity index is 0.000000222. The molecule has 3 nitrogen and oxygen atoms in total. The third kappa shape index (κ3) is 8.20. The largest absolute Gasteiger partial charge is 0.512 e. The predicted molar refractivity (Wildman–Crippen MR) is 167 cm³/mol.